The van der Waals surface area contributed by atoms with E-state index in [0.717, 1.165) is 0 Å². The molecular formula is C14H19BrN2O3. The van der Waals surface area contributed by atoms with E-state index in [2.05, 4.69) is 21.2 Å². The van der Waals surface area contributed by atoms with Gasteiger partial charge in [-0.15, -0.1) is 0 Å². The second-order valence-electron chi connectivity index (χ2n) is 5.52. The van der Waals surface area contributed by atoms with Crippen molar-refractivity contribution in [2.24, 2.45) is 0 Å². The number of rotatable bonds is 3. The summed E-state index contributed by atoms with van der Waals surface area (Å²) >= 11 is 3.24. The number of ether oxygens (including phenoxy) is 1. The minimum Gasteiger partial charge on any atom is -0.449 e. The fourth-order valence-corrected chi connectivity index (χ4v) is 1.67. The lowest BCUT2D eigenvalue weighted by molar-refractivity contribution is -0.130. The first-order valence-corrected chi connectivity index (χ1v) is 6.97. The van der Waals surface area contributed by atoms with Crippen molar-refractivity contribution < 1.29 is 14.3 Å². The number of esters is 1. The van der Waals surface area contributed by atoms with Gasteiger partial charge in [0, 0.05) is 15.7 Å². The Morgan fingerprint density at radius 3 is 2.45 bits per heavy atom. The van der Waals surface area contributed by atoms with E-state index >= 15 is 0 Å². The Morgan fingerprint density at radius 2 is 1.95 bits per heavy atom. The normalized spacial score (nSPS) is 12.7. The van der Waals surface area contributed by atoms with Crippen molar-refractivity contribution in [1.82, 2.24) is 5.32 Å². The van der Waals surface area contributed by atoms with Gasteiger partial charge in [0.15, 0.2) is 6.10 Å². The molecule has 6 heteroatoms. The van der Waals surface area contributed by atoms with E-state index in [4.69, 9.17) is 10.5 Å². The number of halogens is 1. The number of hydrogen-bond donors (Lipinski definition) is 2. The summed E-state index contributed by atoms with van der Waals surface area (Å²) < 4.78 is 5.82. The first kappa shape index (κ1) is 16.5. The molecule has 1 aromatic carbocycles. The molecule has 1 rings (SSSR count). The summed E-state index contributed by atoms with van der Waals surface area (Å²) in [5.41, 5.74) is 6.07. The van der Waals surface area contributed by atoms with Gasteiger partial charge in [0.1, 0.15) is 0 Å². The molecule has 0 aliphatic carbocycles. The van der Waals surface area contributed by atoms with Crippen molar-refractivity contribution in [1.29, 1.82) is 0 Å². The molecule has 0 fully saturated rings. The molecule has 0 aliphatic heterocycles. The third-order valence-corrected chi connectivity index (χ3v) is 3.11. The number of carbonyl (C=O) groups excluding carboxylic acids is 2. The fourth-order valence-electron chi connectivity index (χ4n) is 1.42. The van der Waals surface area contributed by atoms with Crippen LogP contribution in [-0.4, -0.2) is 23.5 Å². The second kappa shape index (κ2) is 6.26. The summed E-state index contributed by atoms with van der Waals surface area (Å²) in [5, 5.41) is 2.75. The minimum absolute atomic E-state index is 0.307. The van der Waals surface area contributed by atoms with Gasteiger partial charge in [0.05, 0.1) is 5.56 Å². The highest BCUT2D eigenvalue weighted by atomic mass is 79.9. The number of benzene rings is 1. The summed E-state index contributed by atoms with van der Waals surface area (Å²) in [6, 6.07) is 4.74. The van der Waals surface area contributed by atoms with E-state index in [9.17, 15) is 9.59 Å². The lowest BCUT2D eigenvalue weighted by Crippen LogP contribution is -2.46. The molecule has 0 saturated heterocycles. The summed E-state index contributed by atoms with van der Waals surface area (Å²) in [4.78, 5) is 23.7. The van der Waals surface area contributed by atoms with Crippen LogP contribution < -0.4 is 11.1 Å². The first-order valence-electron chi connectivity index (χ1n) is 6.18. The molecule has 20 heavy (non-hydrogen) atoms. The molecule has 0 bridgehead atoms. The Labute approximate surface area is 127 Å². The van der Waals surface area contributed by atoms with Gasteiger partial charge < -0.3 is 15.8 Å². The maximum Gasteiger partial charge on any atom is 0.338 e. The number of nitrogen functional groups attached to an aromatic ring is 1. The van der Waals surface area contributed by atoms with Gasteiger partial charge in [-0.1, -0.05) is 0 Å². The Morgan fingerprint density at radius 1 is 1.35 bits per heavy atom. The van der Waals surface area contributed by atoms with Gasteiger partial charge in [-0.05, 0) is 61.8 Å². The highest BCUT2D eigenvalue weighted by Gasteiger charge is 2.23. The van der Waals surface area contributed by atoms with Gasteiger partial charge in [0.2, 0.25) is 0 Å². The third kappa shape index (κ3) is 4.85. The van der Waals surface area contributed by atoms with Crippen LogP contribution in [0.3, 0.4) is 0 Å². The van der Waals surface area contributed by atoms with Crippen LogP contribution in [0, 0.1) is 0 Å². The van der Waals surface area contributed by atoms with Crippen LogP contribution in [0.15, 0.2) is 22.7 Å². The number of carbonyl (C=O) groups is 2. The van der Waals surface area contributed by atoms with Gasteiger partial charge in [-0.25, -0.2) is 4.79 Å². The largest absolute Gasteiger partial charge is 0.449 e. The molecule has 1 atom stereocenters. The summed E-state index contributed by atoms with van der Waals surface area (Å²) in [5.74, 6) is -0.920. The average molecular weight is 343 g/mol. The van der Waals surface area contributed by atoms with E-state index in [1.165, 1.54) is 13.0 Å². The van der Waals surface area contributed by atoms with Gasteiger partial charge in [0.25, 0.3) is 5.91 Å². The highest BCUT2D eigenvalue weighted by molar-refractivity contribution is 9.10. The van der Waals surface area contributed by atoms with Crippen LogP contribution >= 0.6 is 15.9 Å². The average Bonchev–Trinajstić information content (AvgIpc) is 2.30. The lowest BCUT2D eigenvalue weighted by Gasteiger charge is -2.23. The molecule has 1 aromatic rings. The van der Waals surface area contributed by atoms with E-state index in [0.29, 0.717) is 15.7 Å². The highest BCUT2D eigenvalue weighted by Crippen LogP contribution is 2.20. The molecule has 0 aromatic heterocycles. The summed E-state index contributed by atoms with van der Waals surface area (Å²) in [7, 11) is 0. The molecule has 0 spiro atoms. The van der Waals surface area contributed by atoms with Crippen molar-refractivity contribution in [3.05, 3.63) is 28.2 Å². The third-order valence-electron chi connectivity index (χ3n) is 2.38. The molecule has 3 N–H and O–H groups in total. The number of nitrogens with one attached hydrogen (secondary N) is 1. The SMILES string of the molecule is CC(OC(=O)c1ccc(Br)c(N)c1)C(=O)NC(C)(C)C. The van der Waals surface area contributed by atoms with Crippen molar-refractivity contribution >= 4 is 33.5 Å². The number of hydrogen-bond acceptors (Lipinski definition) is 4. The molecule has 0 heterocycles. The minimum atomic E-state index is -0.869. The number of anilines is 1. The van der Waals surface area contributed by atoms with Gasteiger partial charge in [-0.3, -0.25) is 4.79 Å². The predicted octanol–water partition coefficient (Wildman–Crippen LogP) is 2.49. The predicted molar refractivity (Wildman–Crippen MR) is 81.3 cm³/mol. The molecule has 0 radical (unpaired) electrons. The van der Waals surface area contributed by atoms with Crippen LogP contribution in [0.1, 0.15) is 38.1 Å². The van der Waals surface area contributed by atoms with Crippen molar-refractivity contribution in [3.8, 4) is 0 Å². The zero-order chi connectivity index (χ0) is 15.5. The molecule has 1 unspecified atom stereocenters. The van der Waals surface area contributed by atoms with E-state index in [-0.39, 0.29) is 11.4 Å². The molecular weight excluding hydrogens is 324 g/mol. The van der Waals surface area contributed by atoms with E-state index < -0.39 is 12.1 Å². The number of nitrogens with two attached hydrogens (primary N) is 1. The van der Waals surface area contributed by atoms with Gasteiger partial charge in [-0.2, -0.15) is 0 Å². The molecule has 0 aliphatic rings. The zero-order valence-corrected chi connectivity index (χ0v) is 13.6. The fraction of sp³-hybridized carbons (Fsp3) is 0.429. The summed E-state index contributed by atoms with van der Waals surface area (Å²) in [6.45, 7) is 7.10. The Kier molecular flexibility index (Phi) is 5.16. The maximum atomic E-state index is 11.9. The smallest absolute Gasteiger partial charge is 0.338 e. The second-order valence-corrected chi connectivity index (χ2v) is 6.38. The number of amides is 1. The summed E-state index contributed by atoms with van der Waals surface area (Å²) in [6.07, 6.45) is -0.869. The first-order chi connectivity index (χ1) is 9.10. The Hall–Kier alpha value is -1.56. The zero-order valence-electron chi connectivity index (χ0n) is 12.0. The topological polar surface area (TPSA) is 81.4 Å². The Balaban J connectivity index is 2.70. The molecule has 110 valence electrons. The van der Waals surface area contributed by atoms with Gasteiger partial charge >= 0.3 is 5.97 Å². The quantitative estimate of drug-likeness (QED) is 0.653. The van der Waals surface area contributed by atoms with Crippen LogP contribution in [0.25, 0.3) is 0 Å². The van der Waals surface area contributed by atoms with Crippen molar-refractivity contribution in [2.45, 2.75) is 39.3 Å². The van der Waals surface area contributed by atoms with Crippen LogP contribution in [0.4, 0.5) is 5.69 Å². The molecule has 1 amide bonds. The standard InChI is InChI=1S/C14H19BrN2O3/c1-8(12(18)17-14(2,3)4)20-13(19)9-5-6-10(15)11(16)7-9/h5-8H,16H2,1-4H3,(H,17,18). The lowest BCUT2D eigenvalue weighted by atomic mass is 10.1. The van der Waals surface area contributed by atoms with E-state index in [1.54, 1.807) is 12.1 Å². The molecule has 5 nitrogen and oxygen atoms in total. The Bertz CT molecular complexity index is 524. The van der Waals surface area contributed by atoms with Crippen LogP contribution in [0.2, 0.25) is 0 Å². The monoisotopic (exact) mass is 342 g/mol. The van der Waals surface area contributed by atoms with Crippen LogP contribution in [-0.2, 0) is 9.53 Å². The maximum absolute atomic E-state index is 11.9. The van der Waals surface area contributed by atoms with Crippen molar-refractivity contribution in [2.75, 3.05) is 5.73 Å². The van der Waals surface area contributed by atoms with Crippen LogP contribution in [0.5, 0.6) is 0 Å². The molecule has 0 saturated carbocycles. The van der Waals surface area contributed by atoms with Crippen molar-refractivity contribution in [3.63, 3.8) is 0 Å². The van der Waals surface area contributed by atoms with E-state index in [1.807, 2.05) is 20.8 Å².